The Bertz CT molecular complexity index is 878. The second kappa shape index (κ2) is 7.93. The number of piperidine rings is 1. The zero-order chi connectivity index (χ0) is 19.5. The summed E-state index contributed by atoms with van der Waals surface area (Å²) in [6.07, 6.45) is 4.88. The molecule has 146 valence electrons. The van der Waals surface area contributed by atoms with Gasteiger partial charge in [0, 0.05) is 37.1 Å². The van der Waals surface area contributed by atoms with Crippen LogP contribution in [-0.2, 0) is 11.3 Å². The molecule has 28 heavy (non-hydrogen) atoms. The summed E-state index contributed by atoms with van der Waals surface area (Å²) in [4.78, 5) is 34.4. The van der Waals surface area contributed by atoms with Crippen molar-refractivity contribution in [2.45, 2.75) is 19.4 Å². The number of benzene rings is 1. The topological polar surface area (TPSA) is 96.5 Å². The van der Waals surface area contributed by atoms with Gasteiger partial charge in [0.2, 0.25) is 0 Å². The Morgan fingerprint density at radius 2 is 2.00 bits per heavy atom. The first-order chi connectivity index (χ1) is 13.6. The Kier molecular flexibility index (Phi) is 5.21. The van der Waals surface area contributed by atoms with E-state index >= 15 is 0 Å². The van der Waals surface area contributed by atoms with Gasteiger partial charge >= 0.3 is 6.09 Å². The van der Waals surface area contributed by atoms with E-state index in [-0.39, 0.29) is 12.5 Å². The molecule has 1 saturated heterocycles. The van der Waals surface area contributed by atoms with E-state index in [0.717, 1.165) is 49.3 Å². The number of nitrogens with one attached hydrogen (secondary N) is 2. The van der Waals surface area contributed by atoms with Gasteiger partial charge in [-0.25, -0.2) is 14.8 Å². The fraction of sp³-hybridized carbons (Fsp3) is 0.400. The number of aromatic nitrogens is 2. The summed E-state index contributed by atoms with van der Waals surface area (Å²) >= 11 is 0. The van der Waals surface area contributed by atoms with Crippen LogP contribution < -0.4 is 10.6 Å². The summed E-state index contributed by atoms with van der Waals surface area (Å²) in [7, 11) is 1.83. The van der Waals surface area contributed by atoms with Crippen LogP contribution in [0.25, 0.3) is 11.4 Å². The van der Waals surface area contributed by atoms with Crippen LogP contribution in [0.3, 0.4) is 0 Å². The minimum absolute atomic E-state index is 0.0633. The van der Waals surface area contributed by atoms with Crippen molar-refractivity contribution in [1.29, 1.82) is 0 Å². The van der Waals surface area contributed by atoms with Gasteiger partial charge in [0.15, 0.2) is 5.82 Å². The van der Waals surface area contributed by atoms with Crippen LogP contribution in [0.4, 0.5) is 10.5 Å². The largest absolute Gasteiger partial charge is 0.444 e. The van der Waals surface area contributed by atoms with Gasteiger partial charge < -0.3 is 15.0 Å². The second-order valence-corrected chi connectivity index (χ2v) is 7.25. The number of hydrogen-bond donors (Lipinski definition) is 2. The number of amides is 2. The fourth-order valence-corrected chi connectivity index (χ4v) is 3.61. The van der Waals surface area contributed by atoms with Crippen LogP contribution in [0.15, 0.2) is 30.6 Å². The van der Waals surface area contributed by atoms with Gasteiger partial charge in [0.1, 0.15) is 6.61 Å². The van der Waals surface area contributed by atoms with E-state index in [1.54, 1.807) is 23.4 Å². The fourth-order valence-electron chi connectivity index (χ4n) is 3.61. The van der Waals surface area contributed by atoms with Gasteiger partial charge in [0.25, 0.3) is 5.91 Å². The third-order valence-electron chi connectivity index (χ3n) is 5.20. The Hall–Kier alpha value is -3.00. The lowest BCUT2D eigenvalue weighted by Crippen LogP contribution is -2.37. The highest BCUT2D eigenvalue weighted by molar-refractivity contribution is 5.93. The molecule has 1 aromatic carbocycles. The highest BCUT2D eigenvalue weighted by Crippen LogP contribution is 2.26. The predicted molar refractivity (Wildman–Crippen MR) is 104 cm³/mol. The Labute approximate surface area is 163 Å². The number of rotatable bonds is 4. The first kappa shape index (κ1) is 18.4. The molecule has 2 aliphatic rings. The zero-order valence-corrected chi connectivity index (χ0v) is 15.8. The molecule has 3 heterocycles. The molecular formula is C20H23N5O3. The number of anilines is 1. The molecule has 2 aliphatic heterocycles. The molecule has 0 radical (unpaired) electrons. The van der Waals surface area contributed by atoms with Crippen molar-refractivity contribution in [3.05, 3.63) is 41.7 Å². The molecule has 1 aromatic heterocycles. The van der Waals surface area contributed by atoms with Gasteiger partial charge in [-0.05, 0) is 50.0 Å². The van der Waals surface area contributed by atoms with E-state index in [1.807, 2.05) is 19.2 Å². The van der Waals surface area contributed by atoms with Crippen molar-refractivity contribution >= 4 is 17.7 Å². The number of ether oxygens (including phenoxy) is 1. The molecule has 2 N–H and O–H groups in total. The molecule has 0 unspecified atom stereocenters. The minimum Gasteiger partial charge on any atom is -0.444 e. The van der Waals surface area contributed by atoms with E-state index in [4.69, 9.17) is 4.74 Å². The monoisotopic (exact) mass is 381 g/mol. The maximum absolute atomic E-state index is 12.7. The summed E-state index contributed by atoms with van der Waals surface area (Å²) < 4.78 is 4.99. The van der Waals surface area contributed by atoms with Crippen LogP contribution in [-0.4, -0.2) is 53.6 Å². The summed E-state index contributed by atoms with van der Waals surface area (Å²) in [6, 6.07) is 5.53. The molecular weight excluding hydrogens is 358 g/mol. The Morgan fingerprint density at radius 3 is 2.75 bits per heavy atom. The summed E-state index contributed by atoms with van der Waals surface area (Å²) in [5.74, 6) is 0.998. The minimum atomic E-state index is -0.451. The van der Waals surface area contributed by atoms with Crippen LogP contribution in [0, 0.1) is 5.92 Å². The second-order valence-electron chi connectivity index (χ2n) is 7.25. The Balaban J connectivity index is 1.44. The van der Waals surface area contributed by atoms with E-state index in [2.05, 4.69) is 20.6 Å². The van der Waals surface area contributed by atoms with Crippen molar-refractivity contribution in [2.75, 3.05) is 32.0 Å². The highest BCUT2D eigenvalue weighted by Gasteiger charge is 2.20. The lowest BCUT2D eigenvalue weighted by Gasteiger charge is -2.27. The van der Waals surface area contributed by atoms with Gasteiger partial charge in [0.05, 0.1) is 11.3 Å². The van der Waals surface area contributed by atoms with Crippen molar-refractivity contribution < 1.29 is 14.3 Å². The number of hydrogen-bond acceptors (Lipinski definition) is 6. The Morgan fingerprint density at radius 1 is 1.25 bits per heavy atom. The van der Waals surface area contributed by atoms with Gasteiger partial charge in [-0.3, -0.25) is 10.1 Å². The van der Waals surface area contributed by atoms with Crippen molar-refractivity contribution in [2.24, 2.45) is 5.92 Å². The van der Waals surface area contributed by atoms with Crippen molar-refractivity contribution in [3.8, 4) is 11.4 Å². The van der Waals surface area contributed by atoms with Crippen LogP contribution in [0.2, 0.25) is 0 Å². The summed E-state index contributed by atoms with van der Waals surface area (Å²) in [5.41, 5.74) is 2.88. The van der Waals surface area contributed by atoms with Crippen molar-refractivity contribution in [3.63, 3.8) is 0 Å². The maximum atomic E-state index is 12.7. The molecule has 8 heteroatoms. The zero-order valence-electron chi connectivity index (χ0n) is 15.8. The van der Waals surface area contributed by atoms with Crippen molar-refractivity contribution in [1.82, 2.24) is 20.2 Å². The number of cyclic esters (lactones) is 1. The van der Waals surface area contributed by atoms with Gasteiger partial charge in [-0.2, -0.15) is 0 Å². The third-order valence-corrected chi connectivity index (χ3v) is 5.20. The van der Waals surface area contributed by atoms with E-state index in [1.165, 1.54) is 0 Å². The molecule has 0 saturated carbocycles. The highest BCUT2D eigenvalue weighted by atomic mass is 16.5. The normalized spacial score (nSPS) is 16.7. The molecule has 1 fully saturated rings. The molecule has 0 atom stereocenters. The van der Waals surface area contributed by atoms with E-state index in [9.17, 15) is 9.59 Å². The smallest absolute Gasteiger partial charge is 0.411 e. The SMILES string of the molecule is CN(CC1CCNCC1)C(=O)c1cnc(-c2ccc3c(c2)COC(=O)N3)nc1. The molecule has 0 spiro atoms. The first-order valence-electron chi connectivity index (χ1n) is 9.45. The number of carbonyl (C=O) groups excluding carboxylic acids is 2. The van der Waals surface area contributed by atoms with Crippen LogP contribution in [0.1, 0.15) is 28.8 Å². The molecule has 0 aliphatic carbocycles. The first-order valence-corrected chi connectivity index (χ1v) is 9.45. The third kappa shape index (κ3) is 3.96. The number of nitrogens with zero attached hydrogens (tertiary/aromatic N) is 3. The van der Waals surface area contributed by atoms with E-state index in [0.29, 0.717) is 17.3 Å². The molecule has 2 aromatic rings. The van der Waals surface area contributed by atoms with Gasteiger partial charge in [-0.15, -0.1) is 0 Å². The maximum Gasteiger partial charge on any atom is 0.411 e. The molecule has 2 amide bonds. The lowest BCUT2D eigenvalue weighted by atomic mass is 9.97. The molecule has 8 nitrogen and oxygen atoms in total. The standard InChI is InChI=1S/C20H23N5O3/c1-25(11-13-4-6-21-7-5-13)19(26)16-9-22-18(23-10-16)14-2-3-17-15(8-14)12-28-20(27)24-17/h2-3,8-10,13,21H,4-7,11-12H2,1H3,(H,24,27). The molecule has 0 bridgehead atoms. The average molecular weight is 381 g/mol. The van der Waals surface area contributed by atoms with E-state index < -0.39 is 6.09 Å². The summed E-state index contributed by atoms with van der Waals surface area (Å²) in [6.45, 7) is 2.99. The number of fused-ring (bicyclic) bond motifs is 1. The van der Waals surface area contributed by atoms with Crippen LogP contribution in [0.5, 0.6) is 0 Å². The predicted octanol–water partition coefficient (Wildman–Crippen LogP) is 2.28. The quantitative estimate of drug-likeness (QED) is 0.843. The lowest BCUT2D eigenvalue weighted by molar-refractivity contribution is 0.0762. The average Bonchev–Trinajstić information content (AvgIpc) is 2.73. The summed E-state index contributed by atoms with van der Waals surface area (Å²) in [5, 5.41) is 5.99. The number of carbonyl (C=O) groups is 2. The molecule has 4 rings (SSSR count). The van der Waals surface area contributed by atoms with Gasteiger partial charge in [-0.1, -0.05) is 0 Å². The van der Waals surface area contributed by atoms with Crippen LogP contribution >= 0.6 is 0 Å².